The highest BCUT2D eigenvalue weighted by molar-refractivity contribution is 5.82. The molecule has 0 aromatic carbocycles. The first-order valence-corrected chi connectivity index (χ1v) is 4.18. The molecular weight excluding hydrogens is 156 g/mol. The molecule has 1 aliphatic carbocycles. The summed E-state index contributed by atoms with van der Waals surface area (Å²) in [4.78, 5) is 16.5. The molecule has 0 atom stereocenters. The molecule has 12 heavy (non-hydrogen) atoms. The lowest BCUT2D eigenvalue weighted by Gasteiger charge is -2.40. The van der Waals surface area contributed by atoms with E-state index in [1.54, 1.807) is 7.05 Å². The molecule has 1 aliphatic rings. The minimum Gasteiger partial charge on any atom is -0.329 e. The Morgan fingerprint density at radius 1 is 1.67 bits per heavy atom. The van der Waals surface area contributed by atoms with E-state index < -0.39 is 0 Å². The molecule has 0 bridgehead atoms. The fraction of sp³-hybridized carbons (Fsp3) is 0.875. The Balaban J connectivity index is 2.60. The maximum atomic E-state index is 11.6. The Hall–Kier alpha value is -0.610. The summed E-state index contributed by atoms with van der Waals surface area (Å²) in [5.74, 6) is 0.0127. The van der Waals surface area contributed by atoms with Crippen LogP contribution in [0.2, 0.25) is 0 Å². The predicted octanol–water partition coefficient (Wildman–Crippen LogP) is 0.135. The van der Waals surface area contributed by atoms with E-state index in [2.05, 4.69) is 0 Å². The van der Waals surface area contributed by atoms with Crippen molar-refractivity contribution in [2.45, 2.75) is 19.3 Å². The van der Waals surface area contributed by atoms with Crippen LogP contribution in [0.3, 0.4) is 0 Å². The second kappa shape index (κ2) is 3.41. The highest BCUT2D eigenvalue weighted by atomic mass is 16.7. The smallest absolute Gasteiger partial charge is 0.253 e. The molecule has 0 heterocycles. The molecule has 1 amide bonds. The third-order valence-electron chi connectivity index (χ3n) is 2.71. The van der Waals surface area contributed by atoms with E-state index in [4.69, 9.17) is 10.6 Å². The molecule has 0 unspecified atom stereocenters. The largest absolute Gasteiger partial charge is 0.329 e. The molecule has 0 radical (unpaired) electrons. The quantitative estimate of drug-likeness (QED) is 0.616. The molecule has 0 aromatic heterocycles. The van der Waals surface area contributed by atoms with Gasteiger partial charge in [0.2, 0.25) is 0 Å². The van der Waals surface area contributed by atoms with E-state index >= 15 is 0 Å². The van der Waals surface area contributed by atoms with Crippen molar-refractivity contribution in [1.29, 1.82) is 0 Å². The van der Waals surface area contributed by atoms with Crippen LogP contribution in [0.25, 0.3) is 0 Å². The lowest BCUT2D eigenvalue weighted by Crippen LogP contribution is -2.50. The van der Waals surface area contributed by atoms with E-state index in [1.165, 1.54) is 12.2 Å². The number of hydrogen-bond donors (Lipinski definition) is 1. The number of nitrogens with two attached hydrogens (primary N) is 1. The molecule has 0 aromatic rings. The zero-order chi connectivity index (χ0) is 9.19. The van der Waals surface area contributed by atoms with Crippen molar-refractivity contribution < 1.29 is 9.63 Å². The van der Waals surface area contributed by atoms with Gasteiger partial charge in [0.05, 0.1) is 12.5 Å². The molecule has 1 fully saturated rings. The highest BCUT2D eigenvalue weighted by Crippen LogP contribution is 2.41. The predicted molar refractivity (Wildman–Crippen MR) is 45.1 cm³/mol. The maximum Gasteiger partial charge on any atom is 0.253 e. The van der Waals surface area contributed by atoms with Gasteiger partial charge < -0.3 is 5.73 Å². The van der Waals surface area contributed by atoms with Crippen LogP contribution in [0, 0.1) is 5.41 Å². The summed E-state index contributed by atoms with van der Waals surface area (Å²) in [6.07, 6.45) is 2.90. The van der Waals surface area contributed by atoms with Crippen LogP contribution in [0.15, 0.2) is 0 Å². The van der Waals surface area contributed by atoms with Gasteiger partial charge in [0, 0.05) is 13.6 Å². The zero-order valence-corrected chi connectivity index (χ0v) is 7.67. The van der Waals surface area contributed by atoms with Crippen LogP contribution in [-0.4, -0.2) is 31.7 Å². The van der Waals surface area contributed by atoms with Crippen molar-refractivity contribution in [2.24, 2.45) is 11.1 Å². The van der Waals surface area contributed by atoms with E-state index in [0.29, 0.717) is 6.54 Å². The van der Waals surface area contributed by atoms with Gasteiger partial charge in [-0.2, -0.15) is 0 Å². The molecule has 4 nitrogen and oxygen atoms in total. The molecule has 0 spiro atoms. The lowest BCUT2D eigenvalue weighted by molar-refractivity contribution is -0.184. The van der Waals surface area contributed by atoms with Crippen LogP contribution in [0.1, 0.15) is 19.3 Å². The SMILES string of the molecule is CON(C)C(=O)C1(CN)CCC1. The van der Waals surface area contributed by atoms with Crippen molar-refractivity contribution in [1.82, 2.24) is 5.06 Å². The number of amides is 1. The van der Waals surface area contributed by atoms with Gasteiger partial charge in [0.1, 0.15) is 0 Å². The van der Waals surface area contributed by atoms with E-state index in [0.717, 1.165) is 19.3 Å². The molecule has 70 valence electrons. The van der Waals surface area contributed by atoms with E-state index in [1.807, 2.05) is 0 Å². The lowest BCUT2D eigenvalue weighted by atomic mass is 9.68. The number of hydrogen-bond acceptors (Lipinski definition) is 3. The van der Waals surface area contributed by atoms with Gasteiger partial charge in [0.15, 0.2) is 0 Å². The Morgan fingerprint density at radius 3 is 2.50 bits per heavy atom. The average molecular weight is 172 g/mol. The summed E-state index contributed by atoms with van der Waals surface area (Å²) < 4.78 is 0. The van der Waals surface area contributed by atoms with Gasteiger partial charge in [-0.3, -0.25) is 9.63 Å². The molecule has 1 saturated carbocycles. The first-order valence-electron chi connectivity index (χ1n) is 4.18. The molecular formula is C8H16N2O2. The normalized spacial score (nSPS) is 19.9. The third-order valence-corrected chi connectivity index (χ3v) is 2.71. The Morgan fingerprint density at radius 2 is 2.25 bits per heavy atom. The summed E-state index contributed by atoms with van der Waals surface area (Å²) in [7, 11) is 3.11. The summed E-state index contributed by atoms with van der Waals surface area (Å²) in [6, 6.07) is 0. The fourth-order valence-corrected chi connectivity index (χ4v) is 1.53. The highest BCUT2D eigenvalue weighted by Gasteiger charge is 2.44. The Labute approximate surface area is 72.6 Å². The van der Waals surface area contributed by atoms with Gasteiger partial charge in [0.25, 0.3) is 5.91 Å². The monoisotopic (exact) mass is 172 g/mol. The number of rotatable bonds is 3. The van der Waals surface area contributed by atoms with Crippen molar-refractivity contribution in [3.05, 3.63) is 0 Å². The molecule has 0 aliphatic heterocycles. The first kappa shape index (κ1) is 9.48. The van der Waals surface area contributed by atoms with Gasteiger partial charge in [-0.1, -0.05) is 6.42 Å². The molecule has 1 rings (SSSR count). The average Bonchev–Trinajstić information content (AvgIpc) is 2.02. The molecule has 2 N–H and O–H groups in total. The van der Waals surface area contributed by atoms with Crippen LogP contribution in [-0.2, 0) is 9.63 Å². The minimum atomic E-state index is -0.315. The maximum absolute atomic E-state index is 11.6. The minimum absolute atomic E-state index is 0.0127. The standard InChI is InChI=1S/C8H16N2O2/c1-10(12-2)7(11)8(6-9)4-3-5-8/h3-6,9H2,1-2H3. The Kier molecular flexibility index (Phi) is 2.69. The zero-order valence-electron chi connectivity index (χ0n) is 7.67. The van der Waals surface area contributed by atoms with E-state index in [-0.39, 0.29) is 11.3 Å². The first-order chi connectivity index (χ1) is 5.66. The van der Waals surface area contributed by atoms with Crippen LogP contribution >= 0.6 is 0 Å². The van der Waals surface area contributed by atoms with Gasteiger partial charge in [-0.25, -0.2) is 5.06 Å². The van der Waals surface area contributed by atoms with Crippen molar-refractivity contribution in [2.75, 3.05) is 20.7 Å². The van der Waals surface area contributed by atoms with Gasteiger partial charge >= 0.3 is 0 Å². The van der Waals surface area contributed by atoms with Crippen LogP contribution in [0.5, 0.6) is 0 Å². The summed E-state index contributed by atoms with van der Waals surface area (Å²) >= 11 is 0. The number of carbonyl (C=O) groups excluding carboxylic acids is 1. The second-order valence-corrected chi connectivity index (χ2v) is 3.32. The van der Waals surface area contributed by atoms with E-state index in [9.17, 15) is 4.79 Å². The summed E-state index contributed by atoms with van der Waals surface area (Å²) in [5, 5.41) is 1.27. The number of nitrogens with zero attached hydrogens (tertiary/aromatic N) is 1. The fourth-order valence-electron chi connectivity index (χ4n) is 1.53. The third kappa shape index (κ3) is 1.32. The van der Waals surface area contributed by atoms with Crippen molar-refractivity contribution in [3.63, 3.8) is 0 Å². The topological polar surface area (TPSA) is 55.6 Å². The van der Waals surface area contributed by atoms with Crippen LogP contribution in [0.4, 0.5) is 0 Å². The second-order valence-electron chi connectivity index (χ2n) is 3.32. The number of hydroxylamine groups is 2. The summed E-state index contributed by atoms with van der Waals surface area (Å²) in [5.41, 5.74) is 5.24. The molecule has 0 saturated heterocycles. The van der Waals surface area contributed by atoms with Crippen LogP contribution < -0.4 is 5.73 Å². The Bertz CT molecular complexity index is 172. The van der Waals surface area contributed by atoms with Gasteiger partial charge in [-0.05, 0) is 12.8 Å². The number of carbonyl (C=O) groups is 1. The van der Waals surface area contributed by atoms with Crippen molar-refractivity contribution >= 4 is 5.91 Å². The van der Waals surface area contributed by atoms with Gasteiger partial charge in [-0.15, -0.1) is 0 Å². The van der Waals surface area contributed by atoms with Crippen molar-refractivity contribution in [3.8, 4) is 0 Å². The molecule has 4 heteroatoms. The summed E-state index contributed by atoms with van der Waals surface area (Å²) in [6.45, 7) is 0.430.